The second-order valence-corrected chi connectivity index (χ2v) is 7.81. The summed E-state index contributed by atoms with van der Waals surface area (Å²) in [6.07, 6.45) is 2.46. The fourth-order valence-corrected chi connectivity index (χ4v) is 3.13. The molecular formula is C21H26N4O3. The third-order valence-electron chi connectivity index (χ3n) is 4.42. The molecule has 1 atom stereocenters. The van der Waals surface area contributed by atoms with E-state index in [0.29, 0.717) is 18.7 Å². The zero-order valence-corrected chi connectivity index (χ0v) is 16.5. The molecule has 1 aliphatic rings. The molecule has 2 amide bonds. The van der Waals surface area contributed by atoms with Crippen LogP contribution in [-0.2, 0) is 16.1 Å². The monoisotopic (exact) mass is 382 g/mol. The van der Waals surface area contributed by atoms with E-state index in [1.165, 1.54) is 11.2 Å². The van der Waals surface area contributed by atoms with E-state index in [9.17, 15) is 9.59 Å². The first-order chi connectivity index (χ1) is 13.3. The molecule has 0 saturated carbocycles. The first-order valence-electron chi connectivity index (χ1n) is 9.47. The summed E-state index contributed by atoms with van der Waals surface area (Å²) in [7, 11) is 0. The number of ether oxygens (including phenoxy) is 1. The van der Waals surface area contributed by atoms with Crippen molar-refractivity contribution in [3.63, 3.8) is 0 Å². The fraction of sp³-hybridized carbons (Fsp3) is 0.429. The summed E-state index contributed by atoms with van der Waals surface area (Å²) in [6.45, 7) is 6.25. The molecule has 1 aromatic carbocycles. The van der Waals surface area contributed by atoms with Gasteiger partial charge in [0, 0.05) is 12.1 Å². The Morgan fingerprint density at radius 1 is 1.21 bits per heavy atom. The molecule has 28 heavy (non-hydrogen) atoms. The number of hydrogen-bond donors (Lipinski definition) is 1. The minimum absolute atomic E-state index is 0.191. The highest BCUT2D eigenvalue weighted by Crippen LogP contribution is 2.21. The van der Waals surface area contributed by atoms with Crippen molar-refractivity contribution < 1.29 is 14.3 Å². The molecule has 7 nitrogen and oxygen atoms in total. The van der Waals surface area contributed by atoms with Crippen LogP contribution in [0.3, 0.4) is 0 Å². The summed E-state index contributed by atoms with van der Waals surface area (Å²) in [5.41, 5.74) is 1.92. The predicted molar refractivity (Wildman–Crippen MR) is 105 cm³/mol. The lowest BCUT2D eigenvalue weighted by Gasteiger charge is -2.28. The van der Waals surface area contributed by atoms with Crippen molar-refractivity contribution in [3.8, 4) is 11.3 Å². The van der Waals surface area contributed by atoms with Crippen molar-refractivity contribution in [2.75, 3.05) is 6.54 Å². The van der Waals surface area contributed by atoms with Crippen molar-refractivity contribution in [2.24, 2.45) is 0 Å². The molecule has 0 bridgehead atoms. The van der Waals surface area contributed by atoms with Crippen LogP contribution in [0.2, 0.25) is 0 Å². The molecule has 0 radical (unpaired) electrons. The van der Waals surface area contributed by atoms with Gasteiger partial charge in [-0.2, -0.15) is 0 Å². The molecule has 148 valence electrons. The van der Waals surface area contributed by atoms with E-state index < -0.39 is 17.7 Å². The highest BCUT2D eigenvalue weighted by atomic mass is 16.6. The number of benzene rings is 1. The van der Waals surface area contributed by atoms with Gasteiger partial charge in [0.2, 0.25) is 5.91 Å². The van der Waals surface area contributed by atoms with Crippen molar-refractivity contribution in [1.82, 2.24) is 20.2 Å². The zero-order chi connectivity index (χ0) is 20.1. The van der Waals surface area contributed by atoms with Crippen LogP contribution >= 0.6 is 0 Å². The lowest BCUT2D eigenvalue weighted by atomic mass is 10.1. The van der Waals surface area contributed by atoms with E-state index >= 15 is 0 Å². The number of nitrogens with one attached hydrogen (secondary N) is 1. The van der Waals surface area contributed by atoms with Gasteiger partial charge in [0.25, 0.3) is 0 Å². The standard InChI is InChI=1S/C21H26N4O3/c1-21(2,3)28-20(27)25-11-7-10-18(25)19(26)22-13-16-12-17(24-14-23-16)15-8-5-4-6-9-15/h4-6,8-9,12,14,18H,7,10-11,13H2,1-3H3,(H,22,26). The predicted octanol–water partition coefficient (Wildman–Crippen LogP) is 3.16. The molecule has 1 fully saturated rings. The fourth-order valence-electron chi connectivity index (χ4n) is 3.13. The van der Waals surface area contributed by atoms with Gasteiger partial charge in [-0.25, -0.2) is 14.8 Å². The summed E-state index contributed by atoms with van der Waals surface area (Å²) < 4.78 is 5.42. The number of nitrogens with zero attached hydrogens (tertiary/aromatic N) is 3. The van der Waals surface area contributed by atoms with E-state index in [2.05, 4.69) is 15.3 Å². The first kappa shape index (κ1) is 19.8. The maximum atomic E-state index is 12.7. The Balaban J connectivity index is 1.61. The van der Waals surface area contributed by atoms with Gasteiger partial charge in [0.05, 0.1) is 17.9 Å². The van der Waals surface area contributed by atoms with E-state index in [-0.39, 0.29) is 12.5 Å². The lowest BCUT2D eigenvalue weighted by Crippen LogP contribution is -2.47. The first-order valence-corrected chi connectivity index (χ1v) is 9.47. The topological polar surface area (TPSA) is 84.4 Å². The summed E-state index contributed by atoms with van der Waals surface area (Å²) >= 11 is 0. The maximum absolute atomic E-state index is 12.7. The minimum Gasteiger partial charge on any atom is -0.444 e. The second kappa shape index (κ2) is 8.37. The number of aromatic nitrogens is 2. The van der Waals surface area contributed by atoms with Gasteiger partial charge in [-0.1, -0.05) is 30.3 Å². The van der Waals surface area contributed by atoms with Crippen LogP contribution in [0.5, 0.6) is 0 Å². The van der Waals surface area contributed by atoms with Crippen molar-refractivity contribution in [1.29, 1.82) is 0 Å². The Bertz CT molecular complexity index is 833. The minimum atomic E-state index is -0.588. The number of amides is 2. The van der Waals surface area contributed by atoms with Gasteiger partial charge in [-0.15, -0.1) is 0 Å². The number of carbonyl (C=O) groups is 2. The average Bonchev–Trinajstić information content (AvgIpc) is 3.16. The number of rotatable bonds is 4. The summed E-state index contributed by atoms with van der Waals surface area (Å²) in [5, 5.41) is 2.89. The van der Waals surface area contributed by atoms with Crippen LogP contribution in [0.1, 0.15) is 39.3 Å². The van der Waals surface area contributed by atoms with Crippen LogP contribution in [0.4, 0.5) is 4.79 Å². The van der Waals surface area contributed by atoms with Crippen LogP contribution in [0, 0.1) is 0 Å². The van der Waals surface area contributed by atoms with Crippen molar-refractivity contribution in [2.45, 2.75) is 51.8 Å². The van der Waals surface area contributed by atoms with Crippen LogP contribution in [0.15, 0.2) is 42.7 Å². The van der Waals surface area contributed by atoms with Gasteiger partial charge in [0.1, 0.15) is 18.0 Å². The quantitative estimate of drug-likeness (QED) is 0.878. The van der Waals surface area contributed by atoms with Crippen molar-refractivity contribution >= 4 is 12.0 Å². The number of carbonyl (C=O) groups excluding carboxylic acids is 2. The molecule has 2 heterocycles. The molecular weight excluding hydrogens is 356 g/mol. The van der Waals surface area contributed by atoms with Crippen LogP contribution in [-0.4, -0.2) is 45.1 Å². The second-order valence-electron chi connectivity index (χ2n) is 7.81. The molecule has 1 aromatic heterocycles. The Kier molecular flexibility index (Phi) is 5.92. The van der Waals surface area contributed by atoms with Gasteiger partial charge >= 0.3 is 6.09 Å². The maximum Gasteiger partial charge on any atom is 0.410 e. The largest absolute Gasteiger partial charge is 0.444 e. The molecule has 0 spiro atoms. The van der Waals surface area contributed by atoms with E-state index in [1.54, 1.807) is 0 Å². The van der Waals surface area contributed by atoms with E-state index in [1.807, 2.05) is 57.2 Å². The molecule has 3 rings (SSSR count). The SMILES string of the molecule is CC(C)(C)OC(=O)N1CCCC1C(=O)NCc1cc(-c2ccccc2)ncn1. The third kappa shape index (κ3) is 5.06. The Labute approximate surface area is 165 Å². The van der Waals surface area contributed by atoms with E-state index in [4.69, 9.17) is 4.74 Å². The van der Waals surface area contributed by atoms with E-state index in [0.717, 1.165) is 17.7 Å². The number of hydrogen-bond acceptors (Lipinski definition) is 5. The molecule has 1 saturated heterocycles. The molecule has 7 heteroatoms. The molecule has 0 aliphatic carbocycles. The molecule has 2 aromatic rings. The van der Waals surface area contributed by atoms with Gasteiger partial charge in [0.15, 0.2) is 0 Å². The third-order valence-corrected chi connectivity index (χ3v) is 4.42. The Morgan fingerprint density at radius 2 is 1.96 bits per heavy atom. The Morgan fingerprint density at radius 3 is 2.68 bits per heavy atom. The number of likely N-dealkylation sites (tertiary alicyclic amines) is 1. The molecule has 1 N–H and O–H groups in total. The van der Waals surface area contributed by atoms with Crippen LogP contribution < -0.4 is 5.32 Å². The Hall–Kier alpha value is -2.96. The molecule has 1 aliphatic heterocycles. The van der Waals surface area contributed by atoms with Crippen molar-refractivity contribution in [3.05, 3.63) is 48.4 Å². The normalized spacial score (nSPS) is 16.7. The summed E-state index contributed by atoms with van der Waals surface area (Å²) in [4.78, 5) is 35.0. The lowest BCUT2D eigenvalue weighted by molar-refractivity contribution is -0.125. The smallest absolute Gasteiger partial charge is 0.410 e. The van der Waals surface area contributed by atoms with Gasteiger partial charge in [-0.3, -0.25) is 9.69 Å². The molecule has 1 unspecified atom stereocenters. The highest BCUT2D eigenvalue weighted by Gasteiger charge is 2.36. The average molecular weight is 382 g/mol. The summed E-state index contributed by atoms with van der Waals surface area (Å²) in [5.74, 6) is -0.191. The van der Waals surface area contributed by atoms with Crippen LogP contribution in [0.25, 0.3) is 11.3 Å². The van der Waals surface area contributed by atoms with Gasteiger partial charge < -0.3 is 10.1 Å². The summed E-state index contributed by atoms with van der Waals surface area (Å²) in [6, 6.07) is 11.1. The van der Waals surface area contributed by atoms with Gasteiger partial charge in [-0.05, 0) is 39.7 Å². The zero-order valence-electron chi connectivity index (χ0n) is 16.5. The highest BCUT2D eigenvalue weighted by molar-refractivity contribution is 5.86.